The van der Waals surface area contributed by atoms with E-state index in [1.54, 1.807) is 0 Å². The van der Waals surface area contributed by atoms with E-state index < -0.39 is 22.4 Å². The van der Waals surface area contributed by atoms with Gasteiger partial charge in [0.1, 0.15) is 0 Å². The lowest BCUT2D eigenvalue weighted by molar-refractivity contribution is -0.387. The van der Waals surface area contributed by atoms with Crippen molar-refractivity contribution in [3.05, 3.63) is 39.7 Å². The van der Waals surface area contributed by atoms with E-state index in [1.807, 2.05) is 4.90 Å². The van der Waals surface area contributed by atoms with Gasteiger partial charge in [0.15, 0.2) is 0 Å². The first-order valence-corrected chi connectivity index (χ1v) is 6.36. The highest BCUT2D eigenvalue weighted by molar-refractivity contribution is 5.70. The molecule has 1 N–H and O–H groups in total. The molecule has 1 aromatic carbocycles. The molecular weight excluding hydrogens is 267 g/mol. The molecule has 0 atom stereocenters. The smallest absolute Gasteiger partial charge is 0.306 e. The van der Waals surface area contributed by atoms with Crippen molar-refractivity contribution in [1.82, 2.24) is 4.90 Å². The molecule has 0 saturated carbocycles. The van der Waals surface area contributed by atoms with Crippen LogP contribution in [-0.2, 0) is 11.3 Å². The van der Waals surface area contributed by atoms with Crippen LogP contribution in [0.25, 0.3) is 0 Å². The number of rotatable bonds is 4. The predicted octanol–water partition coefficient (Wildman–Crippen LogP) is 2.03. The van der Waals surface area contributed by atoms with E-state index in [-0.39, 0.29) is 18.0 Å². The number of piperidine rings is 1. The van der Waals surface area contributed by atoms with Crippen LogP contribution in [0.15, 0.2) is 18.2 Å². The number of benzene rings is 1. The Kier molecular flexibility index (Phi) is 4.29. The zero-order valence-corrected chi connectivity index (χ0v) is 10.8. The summed E-state index contributed by atoms with van der Waals surface area (Å²) < 4.78 is 13.9. The molecule has 0 aliphatic carbocycles. The Morgan fingerprint density at radius 2 is 2.10 bits per heavy atom. The summed E-state index contributed by atoms with van der Waals surface area (Å²) in [5.41, 5.74) is -0.254. The minimum absolute atomic E-state index is 0.264. The van der Waals surface area contributed by atoms with E-state index in [0.29, 0.717) is 25.9 Å². The average molecular weight is 282 g/mol. The highest BCUT2D eigenvalue weighted by Crippen LogP contribution is 2.24. The quantitative estimate of drug-likeness (QED) is 0.674. The molecule has 6 nitrogen and oxygen atoms in total. The minimum atomic E-state index is -0.808. The summed E-state index contributed by atoms with van der Waals surface area (Å²) >= 11 is 0. The largest absolute Gasteiger partial charge is 0.481 e. The number of hydrogen-bond acceptors (Lipinski definition) is 4. The van der Waals surface area contributed by atoms with E-state index >= 15 is 0 Å². The Hall–Kier alpha value is -2.02. The van der Waals surface area contributed by atoms with E-state index in [2.05, 4.69) is 0 Å². The second-order valence-corrected chi connectivity index (χ2v) is 4.90. The molecule has 20 heavy (non-hydrogen) atoms. The number of likely N-dealkylation sites (tertiary alicyclic amines) is 1. The molecule has 0 aromatic heterocycles. The normalized spacial score (nSPS) is 17.1. The maximum Gasteiger partial charge on any atom is 0.306 e. The van der Waals surface area contributed by atoms with Crippen LogP contribution in [0.1, 0.15) is 18.4 Å². The van der Waals surface area contributed by atoms with Gasteiger partial charge in [-0.15, -0.1) is 0 Å². The van der Waals surface area contributed by atoms with Gasteiger partial charge in [-0.25, -0.2) is 0 Å². The number of carboxylic acid groups (broad SMARTS) is 1. The first kappa shape index (κ1) is 14.4. The Bertz CT molecular complexity index is 527. The van der Waals surface area contributed by atoms with Gasteiger partial charge in [0, 0.05) is 18.2 Å². The van der Waals surface area contributed by atoms with Gasteiger partial charge < -0.3 is 5.11 Å². The fourth-order valence-corrected chi connectivity index (χ4v) is 2.41. The number of halogens is 1. The maximum absolute atomic E-state index is 13.9. The molecule has 1 saturated heterocycles. The lowest BCUT2D eigenvalue weighted by atomic mass is 9.97. The number of nitro benzene ring substituents is 1. The molecule has 1 aliphatic heterocycles. The van der Waals surface area contributed by atoms with Gasteiger partial charge >= 0.3 is 11.7 Å². The van der Waals surface area contributed by atoms with Gasteiger partial charge in [0.25, 0.3) is 0 Å². The van der Waals surface area contributed by atoms with Crippen molar-refractivity contribution in [3.63, 3.8) is 0 Å². The van der Waals surface area contributed by atoms with Crippen molar-refractivity contribution < 1.29 is 19.2 Å². The summed E-state index contributed by atoms with van der Waals surface area (Å²) in [7, 11) is 0. The predicted molar refractivity (Wildman–Crippen MR) is 68.7 cm³/mol. The molecule has 7 heteroatoms. The van der Waals surface area contributed by atoms with Crippen molar-refractivity contribution in [3.8, 4) is 0 Å². The van der Waals surface area contributed by atoms with Gasteiger partial charge in [0.05, 0.1) is 10.8 Å². The SMILES string of the molecule is O=C(O)C1CCN(Cc2cccc([N+](=O)[O-])c2F)CC1. The Morgan fingerprint density at radius 3 is 2.65 bits per heavy atom. The number of aliphatic carboxylic acids is 1. The van der Waals surface area contributed by atoms with E-state index in [4.69, 9.17) is 5.11 Å². The second kappa shape index (κ2) is 5.96. The first-order chi connectivity index (χ1) is 9.49. The van der Waals surface area contributed by atoms with Crippen LogP contribution in [0, 0.1) is 21.8 Å². The average Bonchev–Trinajstić information content (AvgIpc) is 2.41. The van der Waals surface area contributed by atoms with Gasteiger partial charge in [-0.2, -0.15) is 4.39 Å². The molecular formula is C13H15FN2O4. The lowest BCUT2D eigenvalue weighted by Gasteiger charge is -2.29. The third-order valence-electron chi connectivity index (χ3n) is 3.59. The molecule has 0 spiro atoms. The van der Waals surface area contributed by atoms with E-state index in [9.17, 15) is 19.3 Å². The molecule has 1 aliphatic rings. The number of carboxylic acids is 1. The second-order valence-electron chi connectivity index (χ2n) is 4.90. The highest BCUT2D eigenvalue weighted by atomic mass is 19.1. The summed E-state index contributed by atoms with van der Waals surface area (Å²) in [6.07, 6.45) is 1.04. The van der Waals surface area contributed by atoms with Crippen LogP contribution in [0.4, 0.5) is 10.1 Å². The maximum atomic E-state index is 13.9. The molecule has 2 rings (SSSR count). The molecule has 0 bridgehead atoms. The molecule has 0 radical (unpaired) electrons. The molecule has 0 unspecified atom stereocenters. The molecule has 108 valence electrons. The van der Waals surface area contributed by atoms with Gasteiger partial charge in [-0.3, -0.25) is 19.8 Å². The van der Waals surface area contributed by atoms with E-state index in [0.717, 1.165) is 6.07 Å². The van der Waals surface area contributed by atoms with Crippen LogP contribution in [0.2, 0.25) is 0 Å². The molecule has 1 aromatic rings. The topological polar surface area (TPSA) is 83.7 Å². The number of carbonyl (C=O) groups is 1. The van der Waals surface area contributed by atoms with Gasteiger partial charge in [0.2, 0.25) is 5.82 Å². The van der Waals surface area contributed by atoms with Crippen LogP contribution < -0.4 is 0 Å². The Balaban J connectivity index is 2.03. The fraction of sp³-hybridized carbons (Fsp3) is 0.462. The third-order valence-corrected chi connectivity index (χ3v) is 3.59. The number of hydrogen-bond donors (Lipinski definition) is 1. The first-order valence-electron chi connectivity index (χ1n) is 6.36. The lowest BCUT2D eigenvalue weighted by Crippen LogP contribution is -2.36. The van der Waals surface area contributed by atoms with Crippen LogP contribution in [-0.4, -0.2) is 34.0 Å². The molecule has 1 fully saturated rings. The number of nitrogens with zero attached hydrogens (tertiary/aromatic N) is 2. The summed E-state index contributed by atoms with van der Waals surface area (Å²) in [6, 6.07) is 4.11. The summed E-state index contributed by atoms with van der Waals surface area (Å²) in [5.74, 6) is -1.95. The monoisotopic (exact) mass is 282 g/mol. The minimum Gasteiger partial charge on any atom is -0.481 e. The Morgan fingerprint density at radius 1 is 1.45 bits per heavy atom. The summed E-state index contributed by atoms with van der Waals surface area (Å²) in [6.45, 7) is 1.37. The highest BCUT2D eigenvalue weighted by Gasteiger charge is 2.26. The van der Waals surface area contributed by atoms with Crippen molar-refractivity contribution in [2.75, 3.05) is 13.1 Å². The zero-order chi connectivity index (χ0) is 14.7. The summed E-state index contributed by atoms with van der Waals surface area (Å²) in [5, 5.41) is 19.6. The van der Waals surface area contributed by atoms with Crippen LogP contribution in [0.3, 0.4) is 0 Å². The Labute approximate surface area is 115 Å². The van der Waals surface area contributed by atoms with Crippen LogP contribution in [0.5, 0.6) is 0 Å². The zero-order valence-electron chi connectivity index (χ0n) is 10.8. The van der Waals surface area contributed by atoms with Crippen molar-refractivity contribution in [2.24, 2.45) is 5.92 Å². The van der Waals surface area contributed by atoms with Gasteiger partial charge in [-0.1, -0.05) is 12.1 Å². The van der Waals surface area contributed by atoms with E-state index in [1.165, 1.54) is 12.1 Å². The van der Waals surface area contributed by atoms with Gasteiger partial charge in [-0.05, 0) is 25.9 Å². The number of nitro groups is 1. The van der Waals surface area contributed by atoms with Crippen LogP contribution >= 0.6 is 0 Å². The molecule has 0 amide bonds. The molecule has 1 heterocycles. The summed E-state index contributed by atoms with van der Waals surface area (Å²) in [4.78, 5) is 22.7. The van der Waals surface area contributed by atoms with Crippen molar-refractivity contribution in [2.45, 2.75) is 19.4 Å². The standard InChI is InChI=1S/C13H15FN2O4/c14-12-10(2-1-3-11(12)16(19)20)8-15-6-4-9(5-7-15)13(17)18/h1-3,9H,4-8H2,(H,17,18). The van der Waals surface area contributed by atoms with Crippen molar-refractivity contribution in [1.29, 1.82) is 0 Å². The third kappa shape index (κ3) is 3.11. The fourth-order valence-electron chi connectivity index (χ4n) is 2.41. The van der Waals surface area contributed by atoms with Crippen molar-refractivity contribution >= 4 is 11.7 Å².